The van der Waals surface area contributed by atoms with E-state index in [0.29, 0.717) is 10.8 Å². The summed E-state index contributed by atoms with van der Waals surface area (Å²) in [6.07, 6.45) is 6.07. The summed E-state index contributed by atoms with van der Waals surface area (Å²) >= 11 is 0. The molecule has 2 aliphatic rings. The van der Waals surface area contributed by atoms with E-state index in [-0.39, 0.29) is 46.4 Å². The van der Waals surface area contributed by atoms with Crippen LogP contribution in [0.5, 0.6) is 0 Å². The molecule has 5 rings (SSSR count). The number of ether oxygens (including phenoxy) is 1. The van der Waals surface area contributed by atoms with Crippen molar-refractivity contribution in [2.24, 2.45) is 5.29 Å². The molecule has 4 heterocycles. The second-order valence-corrected chi connectivity index (χ2v) is 7.45. The van der Waals surface area contributed by atoms with Crippen molar-refractivity contribution < 1.29 is 19.1 Å². The molecule has 2 amide bonds. The van der Waals surface area contributed by atoms with Gasteiger partial charge in [0.15, 0.2) is 0 Å². The van der Waals surface area contributed by atoms with E-state index < -0.39 is 11.9 Å². The fourth-order valence-corrected chi connectivity index (χ4v) is 4.72. The third-order valence-corrected chi connectivity index (χ3v) is 5.93. The van der Waals surface area contributed by atoms with Gasteiger partial charge in [-0.05, 0) is 25.8 Å². The maximum Gasteiger partial charge on any atom is 0.356 e. The molecule has 0 atom stereocenters. The summed E-state index contributed by atoms with van der Waals surface area (Å²) in [5.74, 6) is -1.37. The van der Waals surface area contributed by atoms with Crippen LogP contribution in [0.3, 0.4) is 0 Å². The first-order valence-corrected chi connectivity index (χ1v) is 9.76. The highest BCUT2D eigenvalue weighted by Crippen LogP contribution is 2.44. The number of amides is 2. The minimum Gasteiger partial charge on any atom is -0.461 e. The summed E-state index contributed by atoms with van der Waals surface area (Å²) in [6.45, 7) is 1.89. The molecule has 1 saturated carbocycles. The van der Waals surface area contributed by atoms with Crippen molar-refractivity contribution in [3.63, 3.8) is 0 Å². The van der Waals surface area contributed by atoms with Gasteiger partial charge in [-0.2, -0.15) is 4.68 Å². The number of nitroso groups, excluding NO2 is 1. The molecule has 3 aromatic heterocycles. The lowest BCUT2D eigenvalue weighted by Crippen LogP contribution is -2.41. The van der Waals surface area contributed by atoms with Crippen LogP contribution in [-0.2, 0) is 4.74 Å². The Kier molecular flexibility index (Phi) is 3.87. The quantitative estimate of drug-likeness (QED) is 0.381. The Morgan fingerprint density at radius 3 is 2.41 bits per heavy atom. The van der Waals surface area contributed by atoms with Crippen LogP contribution in [0.1, 0.15) is 70.2 Å². The molecule has 1 aliphatic carbocycles. The zero-order valence-electron chi connectivity index (χ0n) is 15.8. The van der Waals surface area contributed by atoms with Crippen molar-refractivity contribution in [2.75, 3.05) is 6.61 Å². The number of fused-ring (bicyclic) bond motifs is 8. The van der Waals surface area contributed by atoms with E-state index in [1.807, 2.05) is 0 Å². The van der Waals surface area contributed by atoms with Crippen LogP contribution in [0.4, 0.5) is 0 Å². The molecular formula is C20H18N4O5. The van der Waals surface area contributed by atoms with Crippen LogP contribution in [0.25, 0.3) is 21.8 Å². The first kappa shape index (κ1) is 17.7. The van der Waals surface area contributed by atoms with Crippen LogP contribution < -0.4 is 0 Å². The summed E-state index contributed by atoms with van der Waals surface area (Å²) in [4.78, 5) is 55.4. The standard InChI is InChI=1S/C20H18N4O5/c1-2-29-20(27)13-8-11-12(9-21-13)17-15-14(16(11)24(17)22-28)18(25)23(19(15)26)10-6-4-3-5-7-10/h8-10H,2-7H2,1H3. The van der Waals surface area contributed by atoms with Crippen molar-refractivity contribution in [1.29, 1.82) is 0 Å². The number of rotatable bonds is 4. The van der Waals surface area contributed by atoms with Crippen LogP contribution in [-0.4, -0.2) is 45.0 Å². The third kappa shape index (κ3) is 2.27. The van der Waals surface area contributed by atoms with E-state index in [0.717, 1.165) is 36.8 Å². The third-order valence-electron chi connectivity index (χ3n) is 5.93. The average molecular weight is 394 g/mol. The summed E-state index contributed by atoms with van der Waals surface area (Å²) in [5.41, 5.74) is 1.02. The summed E-state index contributed by atoms with van der Waals surface area (Å²) < 4.78 is 6.05. The number of pyridine rings is 1. The van der Waals surface area contributed by atoms with Crippen molar-refractivity contribution in [3.05, 3.63) is 34.0 Å². The Morgan fingerprint density at radius 1 is 1.14 bits per heavy atom. The van der Waals surface area contributed by atoms with E-state index in [2.05, 4.69) is 10.3 Å². The van der Waals surface area contributed by atoms with Gasteiger partial charge in [0.1, 0.15) is 5.69 Å². The molecule has 0 N–H and O–H groups in total. The molecule has 9 nitrogen and oxygen atoms in total. The lowest BCUT2D eigenvalue weighted by Gasteiger charge is -2.29. The topological polar surface area (TPSA) is 111 Å². The normalized spacial score (nSPS) is 17.5. The molecular weight excluding hydrogens is 376 g/mol. The number of benzene rings is 1. The number of aromatic nitrogens is 2. The second-order valence-electron chi connectivity index (χ2n) is 7.45. The summed E-state index contributed by atoms with van der Waals surface area (Å²) in [7, 11) is 0. The lowest BCUT2D eigenvalue weighted by atomic mass is 9.94. The predicted octanol–water partition coefficient (Wildman–Crippen LogP) is 3.26. The van der Waals surface area contributed by atoms with Gasteiger partial charge in [0, 0.05) is 23.0 Å². The number of imide groups is 1. The summed E-state index contributed by atoms with van der Waals surface area (Å²) in [6, 6.07) is 1.36. The van der Waals surface area contributed by atoms with E-state index >= 15 is 0 Å². The SMILES string of the molecule is CCOC(=O)c1cc2c(cn1)c1c3c(c2n1N=O)C(=O)N(C1CCCCC1)C3=O. The van der Waals surface area contributed by atoms with Crippen LogP contribution >= 0.6 is 0 Å². The van der Waals surface area contributed by atoms with Crippen molar-refractivity contribution in [1.82, 2.24) is 14.6 Å². The molecule has 0 radical (unpaired) electrons. The molecule has 1 fully saturated rings. The molecule has 148 valence electrons. The largest absolute Gasteiger partial charge is 0.461 e. The van der Waals surface area contributed by atoms with Gasteiger partial charge in [0.05, 0.1) is 34.1 Å². The average Bonchev–Trinajstić information content (AvgIpc) is 3.33. The van der Waals surface area contributed by atoms with Crippen LogP contribution in [0, 0.1) is 4.91 Å². The molecule has 0 unspecified atom stereocenters. The highest BCUT2D eigenvalue weighted by molar-refractivity contribution is 6.35. The predicted molar refractivity (Wildman–Crippen MR) is 103 cm³/mol. The Morgan fingerprint density at radius 2 is 1.79 bits per heavy atom. The van der Waals surface area contributed by atoms with Gasteiger partial charge in [-0.3, -0.25) is 14.5 Å². The first-order chi connectivity index (χ1) is 14.1. The Balaban J connectivity index is 1.70. The maximum atomic E-state index is 13.2. The molecule has 0 spiro atoms. The van der Waals surface area contributed by atoms with Gasteiger partial charge in [-0.1, -0.05) is 19.3 Å². The highest BCUT2D eigenvalue weighted by atomic mass is 16.5. The number of carbonyl (C=O) groups is 3. The zero-order valence-corrected chi connectivity index (χ0v) is 15.8. The van der Waals surface area contributed by atoms with Gasteiger partial charge in [-0.25, -0.2) is 9.78 Å². The first-order valence-electron chi connectivity index (χ1n) is 9.76. The second kappa shape index (κ2) is 6.33. The van der Waals surface area contributed by atoms with Crippen LogP contribution in [0.15, 0.2) is 17.5 Å². The minimum absolute atomic E-state index is 0.0696. The smallest absolute Gasteiger partial charge is 0.356 e. The number of nitrogens with zero attached hydrogens (tertiary/aromatic N) is 4. The fourth-order valence-electron chi connectivity index (χ4n) is 4.72. The van der Waals surface area contributed by atoms with Crippen molar-refractivity contribution >= 4 is 39.6 Å². The minimum atomic E-state index is -0.596. The number of esters is 1. The van der Waals surface area contributed by atoms with Crippen molar-refractivity contribution in [3.8, 4) is 0 Å². The van der Waals surface area contributed by atoms with Crippen LogP contribution in [0.2, 0.25) is 0 Å². The van der Waals surface area contributed by atoms with Gasteiger partial charge in [0.25, 0.3) is 11.8 Å². The van der Waals surface area contributed by atoms with Gasteiger partial charge in [-0.15, -0.1) is 4.91 Å². The molecule has 9 heteroatoms. The maximum absolute atomic E-state index is 13.2. The van der Waals surface area contributed by atoms with E-state index in [1.54, 1.807) is 6.92 Å². The highest BCUT2D eigenvalue weighted by Gasteiger charge is 2.46. The number of hydrogen-bond donors (Lipinski definition) is 0. The fraction of sp³-hybridized carbons (Fsp3) is 0.400. The Labute approximate surface area is 164 Å². The molecule has 0 saturated heterocycles. The molecule has 29 heavy (non-hydrogen) atoms. The molecule has 3 aromatic rings. The Bertz CT molecular complexity index is 1190. The number of carbonyl (C=O) groups excluding carboxylic acids is 3. The van der Waals surface area contributed by atoms with Gasteiger partial charge in [0.2, 0.25) is 0 Å². The zero-order chi connectivity index (χ0) is 20.3. The van der Waals surface area contributed by atoms with Gasteiger partial charge < -0.3 is 4.74 Å². The van der Waals surface area contributed by atoms with Gasteiger partial charge >= 0.3 is 5.97 Å². The monoisotopic (exact) mass is 394 g/mol. The lowest BCUT2D eigenvalue weighted by molar-refractivity contribution is 0.0515. The molecule has 1 aliphatic heterocycles. The number of hydrogen-bond acceptors (Lipinski definition) is 7. The van der Waals surface area contributed by atoms with Crippen molar-refractivity contribution in [2.45, 2.75) is 45.1 Å². The van der Waals surface area contributed by atoms with E-state index in [4.69, 9.17) is 4.74 Å². The molecule has 2 bridgehead atoms. The van der Waals surface area contributed by atoms with E-state index in [9.17, 15) is 19.3 Å². The molecule has 0 aromatic carbocycles. The Hall–Kier alpha value is -3.36. The van der Waals surface area contributed by atoms with E-state index in [1.165, 1.54) is 17.2 Å². The summed E-state index contributed by atoms with van der Waals surface area (Å²) in [5, 5.41) is 4.03.